The molecule has 7 rings (SSSR count). The number of anilines is 1. The Kier molecular flexibility index (Phi) is 4.29. The summed E-state index contributed by atoms with van der Waals surface area (Å²) in [7, 11) is 0. The Morgan fingerprint density at radius 3 is 2.85 bits per heavy atom. The Labute approximate surface area is 198 Å². The number of hydrogen-bond donors (Lipinski definition) is 0. The maximum atomic E-state index is 9.40. The molecule has 3 aromatic rings. The van der Waals surface area contributed by atoms with Crippen LogP contribution in [0, 0.1) is 17.2 Å². The van der Waals surface area contributed by atoms with E-state index in [4.69, 9.17) is 4.42 Å². The van der Waals surface area contributed by atoms with Crippen LogP contribution in [0.4, 0.5) is 5.69 Å². The summed E-state index contributed by atoms with van der Waals surface area (Å²) in [6.45, 7) is 0. The minimum absolute atomic E-state index is 0.230. The average Bonchev–Trinajstić information content (AvgIpc) is 3.42. The Morgan fingerprint density at radius 1 is 1.03 bits per heavy atom. The fraction of sp³-hybridized carbons (Fsp3) is 0.194. The van der Waals surface area contributed by atoms with Crippen molar-refractivity contribution in [1.29, 1.82) is 5.26 Å². The molecule has 1 aromatic heterocycles. The average molecular weight is 441 g/mol. The van der Waals surface area contributed by atoms with Crippen LogP contribution in [0.5, 0.6) is 0 Å². The lowest BCUT2D eigenvalue weighted by Gasteiger charge is -2.33. The molecule has 0 N–H and O–H groups in total. The number of fused-ring (bicyclic) bond motifs is 6. The van der Waals surface area contributed by atoms with Gasteiger partial charge in [-0.25, -0.2) is 0 Å². The van der Waals surface area contributed by atoms with Gasteiger partial charge in [0, 0.05) is 39.4 Å². The molecule has 0 amide bonds. The van der Waals surface area contributed by atoms with Crippen molar-refractivity contribution in [3.63, 3.8) is 0 Å². The van der Waals surface area contributed by atoms with Gasteiger partial charge in [0.1, 0.15) is 11.0 Å². The number of nitrogens with zero attached hydrogens (tertiary/aromatic N) is 2. The normalized spacial score (nSPS) is 24.6. The number of para-hydroxylation sites is 2. The molecular weight excluding hydrogens is 416 g/mol. The van der Waals surface area contributed by atoms with Gasteiger partial charge in [0.2, 0.25) is 0 Å². The largest absolute Gasteiger partial charge is 0.456 e. The van der Waals surface area contributed by atoms with E-state index in [1.54, 1.807) is 0 Å². The van der Waals surface area contributed by atoms with E-state index in [0.29, 0.717) is 0 Å². The molecule has 4 aliphatic rings. The highest BCUT2D eigenvalue weighted by Crippen LogP contribution is 2.47. The summed E-state index contributed by atoms with van der Waals surface area (Å²) in [5.41, 5.74) is 8.14. The van der Waals surface area contributed by atoms with Gasteiger partial charge in [0.05, 0.1) is 12.1 Å². The number of rotatable bonds is 2. The van der Waals surface area contributed by atoms with Crippen LogP contribution in [0.15, 0.2) is 100 Å². The van der Waals surface area contributed by atoms with E-state index in [-0.39, 0.29) is 17.9 Å². The second kappa shape index (κ2) is 7.50. The minimum atomic E-state index is 0.230. The predicted octanol–water partition coefficient (Wildman–Crippen LogP) is 5.61. The molecule has 164 valence electrons. The monoisotopic (exact) mass is 440 g/mol. The highest BCUT2D eigenvalue weighted by atomic mass is 16.3. The molecule has 3 heteroatoms. The van der Waals surface area contributed by atoms with E-state index in [1.807, 2.05) is 18.2 Å². The van der Waals surface area contributed by atoms with E-state index in [9.17, 15) is 5.26 Å². The molecule has 0 saturated heterocycles. The summed E-state index contributed by atoms with van der Waals surface area (Å²) in [6, 6.07) is 19.7. The zero-order valence-corrected chi connectivity index (χ0v) is 18.8. The Morgan fingerprint density at radius 2 is 1.91 bits per heavy atom. The SMILES string of the molecule is N#CC1=CC=CC(C2=CCCC(N3c4ccccc4C4C=c5oc6ccccc6c5=CC43)=C2)C1. The number of benzene rings is 2. The van der Waals surface area contributed by atoms with E-state index in [0.717, 1.165) is 35.8 Å². The molecular formula is C31H24N2O. The van der Waals surface area contributed by atoms with Crippen molar-refractivity contribution in [1.82, 2.24) is 0 Å². The first-order valence-electron chi connectivity index (χ1n) is 12.1. The third kappa shape index (κ3) is 2.89. The molecule has 0 bridgehead atoms. The van der Waals surface area contributed by atoms with Crippen molar-refractivity contribution >= 4 is 28.8 Å². The van der Waals surface area contributed by atoms with Crippen LogP contribution in [0.2, 0.25) is 0 Å². The topological polar surface area (TPSA) is 40.2 Å². The fourth-order valence-electron chi connectivity index (χ4n) is 6.07. The van der Waals surface area contributed by atoms with Gasteiger partial charge >= 0.3 is 0 Å². The van der Waals surface area contributed by atoms with Gasteiger partial charge in [0.15, 0.2) is 0 Å². The standard InChI is InChI=1S/C31H24N2O/c32-19-20-7-5-8-21(15-20)22-9-6-10-23(16-22)33-28-13-3-1-11-24(28)26-18-31-27(17-29(26)33)25-12-2-4-14-30(25)34-31/h1-5,7-9,11-14,16-18,21,26,29H,6,10,15H2. The van der Waals surface area contributed by atoms with Crippen molar-refractivity contribution in [3.8, 4) is 6.07 Å². The molecule has 2 aromatic carbocycles. The van der Waals surface area contributed by atoms with Gasteiger partial charge < -0.3 is 9.32 Å². The van der Waals surface area contributed by atoms with Crippen LogP contribution in [0.3, 0.4) is 0 Å². The second-order valence-corrected chi connectivity index (χ2v) is 9.53. The molecule has 2 heterocycles. The summed E-state index contributed by atoms with van der Waals surface area (Å²) in [4.78, 5) is 2.56. The fourth-order valence-corrected chi connectivity index (χ4v) is 6.07. The van der Waals surface area contributed by atoms with Crippen molar-refractivity contribution in [3.05, 3.63) is 112 Å². The zero-order chi connectivity index (χ0) is 22.6. The van der Waals surface area contributed by atoms with Crippen molar-refractivity contribution in [2.24, 2.45) is 5.92 Å². The number of allylic oxidation sites excluding steroid dienone is 8. The predicted molar refractivity (Wildman–Crippen MR) is 136 cm³/mol. The molecule has 3 atom stereocenters. The van der Waals surface area contributed by atoms with Gasteiger partial charge in [-0.3, -0.25) is 0 Å². The van der Waals surface area contributed by atoms with Crippen molar-refractivity contribution in [2.75, 3.05) is 4.90 Å². The van der Waals surface area contributed by atoms with Crippen LogP contribution in [0.25, 0.3) is 23.1 Å². The highest BCUT2D eigenvalue weighted by Gasteiger charge is 2.39. The molecule has 0 spiro atoms. The van der Waals surface area contributed by atoms with Crippen LogP contribution < -0.4 is 15.5 Å². The van der Waals surface area contributed by atoms with Crippen LogP contribution in [-0.2, 0) is 0 Å². The first kappa shape index (κ1) is 19.4. The first-order chi connectivity index (χ1) is 16.8. The molecule has 0 radical (unpaired) electrons. The second-order valence-electron chi connectivity index (χ2n) is 9.53. The van der Waals surface area contributed by atoms with E-state index < -0.39 is 0 Å². The van der Waals surface area contributed by atoms with Crippen LogP contribution >= 0.6 is 0 Å². The van der Waals surface area contributed by atoms with E-state index in [1.165, 1.54) is 33.1 Å². The van der Waals surface area contributed by atoms with Crippen LogP contribution in [0.1, 0.15) is 30.7 Å². The molecule has 0 saturated carbocycles. The van der Waals surface area contributed by atoms with Gasteiger partial charge in [-0.05, 0) is 66.8 Å². The van der Waals surface area contributed by atoms with Crippen molar-refractivity contribution in [2.45, 2.75) is 31.2 Å². The first-order valence-corrected chi connectivity index (χ1v) is 12.1. The Balaban J connectivity index is 1.35. The summed E-state index contributed by atoms with van der Waals surface area (Å²) < 4.78 is 6.24. The summed E-state index contributed by atoms with van der Waals surface area (Å²) >= 11 is 0. The number of furan rings is 1. The lowest BCUT2D eigenvalue weighted by atomic mass is 9.85. The summed E-state index contributed by atoms with van der Waals surface area (Å²) in [5, 5.41) is 11.8. The molecule has 3 aliphatic carbocycles. The zero-order valence-electron chi connectivity index (χ0n) is 18.8. The maximum absolute atomic E-state index is 9.40. The number of hydrogen-bond acceptors (Lipinski definition) is 3. The molecule has 3 nitrogen and oxygen atoms in total. The van der Waals surface area contributed by atoms with Gasteiger partial charge in [0.25, 0.3) is 0 Å². The molecule has 34 heavy (non-hydrogen) atoms. The number of nitriles is 1. The van der Waals surface area contributed by atoms with Gasteiger partial charge in [-0.15, -0.1) is 0 Å². The molecule has 0 fully saturated rings. The third-order valence-electron chi connectivity index (χ3n) is 7.63. The maximum Gasteiger partial charge on any atom is 0.135 e. The molecule has 1 aliphatic heterocycles. The summed E-state index contributed by atoms with van der Waals surface area (Å²) in [5.74, 6) is 0.539. The van der Waals surface area contributed by atoms with E-state index in [2.05, 4.69) is 83.8 Å². The Hall–Kier alpha value is -4.03. The van der Waals surface area contributed by atoms with Gasteiger partial charge in [-0.2, -0.15) is 5.26 Å². The van der Waals surface area contributed by atoms with Gasteiger partial charge in [-0.1, -0.05) is 54.6 Å². The third-order valence-corrected chi connectivity index (χ3v) is 7.63. The highest BCUT2D eigenvalue weighted by molar-refractivity contribution is 5.83. The van der Waals surface area contributed by atoms with Crippen LogP contribution in [-0.4, -0.2) is 6.04 Å². The minimum Gasteiger partial charge on any atom is -0.456 e. The Bertz CT molecular complexity index is 1620. The lowest BCUT2D eigenvalue weighted by Crippen LogP contribution is -2.39. The quantitative estimate of drug-likeness (QED) is 0.520. The summed E-state index contributed by atoms with van der Waals surface area (Å²) in [6.07, 6.45) is 18.5. The van der Waals surface area contributed by atoms with Crippen molar-refractivity contribution < 1.29 is 4.42 Å². The smallest absolute Gasteiger partial charge is 0.135 e. The molecule has 3 unspecified atom stereocenters. The lowest BCUT2D eigenvalue weighted by molar-refractivity contribution is 0.566. The van der Waals surface area contributed by atoms with E-state index >= 15 is 0 Å².